The summed E-state index contributed by atoms with van der Waals surface area (Å²) in [5, 5.41) is 9.52. The summed E-state index contributed by atoms with van der Waals surface area (Å²) in [5.41, 5.74) is 2.34. The molecule has 2 rings (SSSR count). The molecule has 0 aromatic carbocycles. The summed E-state index contributed by atoms with van der Waals surface area (Å²) in [6.45, 7) is 5.14. The minimum absolute atomic E-state index is 0.157. The zero-order chi connectivity index (χ0) is 14.2. The molecule has 6 heteroatoms. The summed E-state index contributed by atoms with van der Waals surface area (Å²) in [7, 11) is 0. The lowest BCUT2D eigenvalue weighted by atomic mass is 10.2. The molecule has 0 unspecified atom stereocenters. The number of rotatable bonds is 3. The van der Waals surface area contributed by atoms with Crippen LogP contribution in [-0.2, 0) is 0 Å². The first-order chi connectivity index (χ1) is 8.90. The number of hydrogen-bond acceptors (Lipinski definition) is 5. The Hall–Kier alpha value is -2.08. The van der Waals surface area contributed by atoms with Crippen LogP contribution in [0.2, 0.25) is 0 Å². The maximum absolute atomic E-state index is 11.4. The van der Waals surface area contributed by atoms with Crippen molar-refractivity contribution in [2.45, 2.75) is 20.8 Å². The Morgan fingerprint density at radius 2 is 2.00 bits per heavy atom. The largest absolute Gasteiger partial charge is 0.476 e. The lowest BCUT2D eigenvalue weighted by Crippen LogP contribution is -2.03. The van der Waals surface area contributed by atoms with Gasteiger partial charge in [-0.3, -0.25) is 9.78 Å². The van der Waals surface area contributed by atoms with Crippen LogP contribution in [0.5, 0.6) is 0 Å². The van der Waals surface area contributed by atoms with Gasteiger partial charge in [0.05, 0.1) is 0 Å². The van der Waals surface area contributed by atoms with Gasteiger partial charge in [-0.05, 0) is 25.0 Å². The molecule has 0 aliphatic rings. The number of aryl methyl sites for hydroxylation is 2. The van der Waals surface area contributed by atoms with E-state index in [0.717, 1.165) is 22.5 Å². The van der Waals surface area contributed by atoms with E-state index >= 15 is 0 Å². The third-order valence-corrected chi connectivity index (χ3v) is 3.73. The van der Waals surface area contributed by atoms with Crippen molar-refractivity contribution in [2.24, 2.45) is 0 Å². The number of aromatic nitrogens is 2. The molecule has 0 saturated carbocycles. The van der Waals surface area contributed by atoms with E-state index in [9.17, 15) is 9.59 Å². The number of aromatic carboxylic acids is 1. The van der Waals surface area contributed by atoms with Crippen LogP contribution in [0.1, 0.15) is 38.2 Å². The topological polar surface area (TPSA) is 80.2 Å². The van der Waals surface area contributed by atoms with E-state index in [4.69, 9.17) is 5.11 Å². The summed E-state index contributed by atoms with van der Waals surface area (Å²) in [5.74, 6) is -1.50. The Kier molecular flexibility index (Phi) is 3.44. The van der Waals surface area contributed by atoms with E-state index in [0.29, 0.717) is 10.7 Å². The first kappa shape index (κ1) is 13.4. The maximum Gasteiger partial charge on any atom is 0.356 e. The second kappa shape index (κ2) is 4.89. The predicted molar refractivity (Wildman–Crippen MR) is 71.8 cm³/mol. The van der Waals surface area contributed by atoms with Crippen molar-refractivity contribution in [3.63, 3.8) is 0 Å². The van der Waals surface area contributed by atoms with Gasteiger partial charge in [0.25, 0.3) is 0 Å². The van der Waals surface area contributed by atoms with Crippen LogP contribution in [0.4, 0.5) is 0 Å². The third-order valence-electron chi connectivity index (χ3n) is 2.57. The Morgan fingerprint density at radius 1 is 1.32 bits per heavy atom. The summed E-state index contributed by atoms with van der Waals surface area (Å²) in [6, 6.07) is 1.94. The molecule has 98 valence electrons. The van der Waals surface area contributed by atoms with E-state index in [1.165, 1.54) is 6.92 Å². The number of carbonyl (C=O) groups excluding carboxylic acids is 1. The van der Waals surface area contributed by atoms with Crippen molar-refractivity contribution >= 4 is 23.1 Å². The Morgan fingerprint density at radius 3 is 2.47 bits per heavy atom. The van der Waals surface area contributed by atoms with Gasteiger partial charge in [-0.1, -0.05) is 6.07 Å². The van der Waals surface area contributed by atoms with Crippen LogP contribution in [0, 0.1) is 13.8 Å². The highest BCUT2D eigenvalue weighted by Crippen LogP contribution is 2.29. The molecule has 2 aromatic rings. The minimum atomic E-state index is -1.20. The third kappa shape index (κ3) is 2.53. The first-order valence-electron chi connectivity index (χ1n) is 5.59. The molecule has 2 aromatic heterocycles. The van der Waals surface area contributed by atoms with Crippen molar-refractivity contribution < 1.29 is 14.7 Å². The molecule has 19 heavy (non-hydrogen) atoms. The van der Waals surface area contributed by atoms with Gasteiger partial charge in [0.2, 0.25) is 0 Å². The minimum Gasteiger partial charge on any atom is -0.476 e. The van der Waals surface area contributed by atoms with E-state index in [-0.39, 0.29) is 16.4 Å². The molecule has 0 fully saturated rings. The normalized spacial score (nSPS) is 10.5. The van der Waals surface area contributed by atoms with Crippen LogP contribution in [0.15, 0.2) is 12.3 Å². The molecular formula is C13H12N2O3S. The number of carboxylic acids is 1. The fourth-order valence-electron chi connectivity index (χ4n) is 1.74. The van der Waals surface area contributed by atoms with Crippen molar-refractivity contribution in [3.8, 4) is 10.7 Å². The highest BCUT2D eigenvalue weighted by Gasteiger charge is 2.22. The zero-order valence-electron chi connectivity index (χ0n) is 10.7. The standard InChI is InChI=1S/C13H12N2O3S/c1-6-4-7(2)9(14-5-6)12-15-10(13(17)18)11(19-12)8(3)16/h4-5H,1-3H3,(H,17,18). The monoisotopic (exact) mass is 276 g/mol. The summed E-state index contributed by atoms with van der Waals surface area (Å²) in [6.07, 6.45) is 1.69. The second-order valence-corrected chi connectivity index (χ2v) is 5.24. The van der Waals surface area contributed by atoms with Crippen LogP contribution in [0.25, 0.3) is 10.7 Å². The smallest absolute Gasteiger partial charge is 0.356 e. The number of pyridine rings is 1. The van der Waals surface area contributed by atoms with Gasteiger partial charge in [0.15, 0.2) is 11.5 Å². The van der Waals surface area contributed by atoms with E-state index in [2.05, 4.69) is 9.97 Å². The first-order valence-corrected chi connectivity index (χ1v) is 6.40. The molecule has 0 aliphatic carbocycles. The number of thiazole rings is 1. The molecule has 0 atom stereocenters. The maximum atomic E-state index is 11.4. The van der Waals surface area contributed by atoms with Gasteiger partial charge >= 0.3 is 5.97 Å². The molecule has 0 radical (unpaired) electrons. The quantitative estimate of drug-likeness (QED) is 0.872. The summed E-state index contributed by atoms with van der Waals surface area (Å²) < 4.78 is 0. The van der Waals surface area contributed by atoms with Crippen LogP contribution < -0.4 is 0 Å². The molecule has 0 spiro atoms. The molecule has 1 N–H and O–H groups in total. The van der Waals surface area contributed by atoms with Crippen LogP contribution in [-0.4, -0.2) is 26.8 Å². The number of carbonyl (C=O) groups is 2. The average molecular weight is 276 g/mol. The van der Waals surface area contributed by atoms with Gasteiger partial charge in [0.1, 0.15) is 15.6 Å². The average Bonchev–Trinajstić information content (AvgIpc) is 2.73. The molecule has 2 heterocycles. The van der Waals surface area contributed by atoms with Gasteiger partial charge in [-0.25, -0.2) is 9.78 Å². The molecule has 0 amide bonds. The van der Waals surface area contributed by atoms with Crippen molar-refractivity contribution in [2.75, 3.05) is 0 Å². The summed E-state index contributed by atoms with van der Waals surface area (Å²) >= 11 is 1.07. The lowest BCUT2D eigenvalue weighted by molar-refractivity contribution is 0.0687. The Balaban J connectivity index is 2.60. The second-order valence-electron chi connectivity index (χ2n) is 4.24. The molecule has 5 nitrogen and oxygen atoms in total. The van der Waals surface area contributed by atoms with E-state index < -0.39 is 5.97 Å². The Labute approximate surface area is 114 Å². The van der Waals surface area contributed by atoms with E-state index in [1.54, 1.807) is 6.20 Å². The van der Waals surface area contributed by atoms with Gasteiger partial charge < -0.3 is 5.11 Å². The molecule has 0 bridgehead atoms. The predicted octanol–water partition coefficient (Wildman–Crippen LogP) is 2.72. The zero-order valence-corrected chi connectivity index (χ0v) is 11.5. The number of hydrogen-bond donors (Lipinski definition) is 1. The van der Waals surface area contributed by atoms with Gasteiger partial charge in [-0.2, -0.15) is 0 Å². The SMILES string of the molecule is CC(=O)c1sc(-c2ncc(C)cc2C)nc1C(=O)O. The van der Waals surface area contributed by atoms with Crippen molar-refractivity contribution in [1.29, 1.82) is 0 Å². The Bertz CT molecular complexity index is 645. The fraction of sp³-hybridized carbons (Fsp3) is 0.231. The van der Waals surface area contributed by atoms with E-state index in [1.807, 2.05) is 19.9 Å². The number of carboxylic acid groups (broad SMARTS) is 1. The molecule has 0 saturated heterocycles. The fourth-order valence-corrected chi connectivity index (χ4v) is 2.76. The number of Topliss-reactive ketones (excluding diaryl/α,β-unsaturated/α-hetero) is 1. The van der Waals surface area contributed by atoms with Crippen molar-refractivity contribution in [3.05, 3.63) is 34.0 Å². The summed E-state index contributed by atoms with van der Waals surface area (Å²) in [4.78, 5) is 31.0. The van der Waals surface area contributed by atoms with Crippen LogP contribution in [0.3, 0.4) is 0 Å². The highest BCUT2D eigenvalue weighted by atomic mass is 32.1. The van der Waals surface area contributed by atoms with Gasteiger partial charge in [-0.15, -0.1) is 11.3 Å². The molecular weight excluding hydrogens is 264 g/mol. The highest BCUT2D eigenvalue weighted by molar-refractivity contribution is 7.17. The van der Waals surface area contributed by atoms with Gasteiger partial charge in [0, 0.05) is 13.1 Å². The number of nitrogens with zero attached hydrogens (tertiary/aromatic N) is 2. The number of ketones is 1. The van der Waals surface area contributed by atoms with Crippen LogP contribution >= 0.6 is 11.3 Å². The molecule has 0 aliphatic heterocycles. The van der Waals surface area contributed by atoms with Crippen molar-refractivity contribution in [1.82, 2.24) is 9.97 Å². The lowest BCUT2D eigenvalue weighted by Gasteiger charge is -2.01.